The number of aromatic nitrogens is 1. The van der Waals surface area contributed by atoms with Gasteiger partial charge in [-0.3, -0.25) is 14.9 Å². The monoisotopic (exact) mass is 448 g/mol. The van der Waals surface area contributed by atoms with Crippen molar-refractivity contribution in [1.29, 1.82) is 0 Å². The fraction of sp³-hybridized carbons (Fsp3) is 0.130. The SMILES string of the molecule is COc1ccc(-n2c(C)cc(/C=N\NC(=O)c3cc4cc([N+](=O)[O-])ccc4s3)c2C)cc1. The number of benzene rings is 2. The number of methoxy groups -OCH3 is 1. The first-order valence-electron chi connectivity index (χ1n) is 9.72. The Morgan fingerprint density at radius 3 is 2.59 bits per heavy atom. The molecule has 0 atom stereocenters. The zero-order valence-corrected chi connectivity index (χ0v) is 18.5. The summed E-state index contributed by atoms with van der Waals surface area (Å²) in [5.41, 5.74) is 6.43. The van der Waals surface area contributed by atoms with E-state index in [9.17, 15) is 14.9 Å². The van der Waals surface area contributed by atoms with Crippen LogP contribution in [0.25, 0.3) is 15.8 Å². The number of thiophene rings is 1. The van der Waals surface area contributed by atoms with Crippen molar-refractivity contribution in [2.24, 2.45) is 5.10 Å². The molecule has 162 valence electrons. The third-order valence-electron chi connectivity index (χ3n) is 5.11. The molecule has 2 aromatic heterocycles. The molecule has 0 unspecified atom stereocenters. The zero-order chi connectivity index (χ0) is 22.8. The van der Waals surface area contributed by atoms with Crippen LogP contribution < -0.4 is 10.2 Å². The number of non-ortho nitro benzene ring substituents is 1. The van der Waals surface area contributed by atoms with E-state index in [0.717, 1.165) is 33.1 Å². The van der Waals surface area contributed by atoms with Crippen LogP contribution in [0.5, 0.6) is 5.75 Å². The molecule has 32 heavy (non-hydrogen) atoms. The van der Waals surface area contributed by atoms with Crippen LogP contribution in [0.1, 0.15) is 26.6 Å². The fourth-order valence-corrected chi connectivity index (χ4v) is 4.45. The standard InChI is InChI=1S/C23H20N4O4S/c1-14-10-17(15(2)26(14)18-4-7-20(31-3)8-5-18)13-24-25-23(28)22-12-16-11-19(27(29)30)6-9-21(16)32-22/h4-13H,1-3H3,(H,25,28)/b24-13-. The van der Waals surface area contributed by atoms with Crippen molar-refractivity contribution in [3.8, 4) is 11.4 Å². The highest BCUT2D eigenvalue weighted by Gasteiger charge is 2.13. The highest BCUT2D eigenvalue weighted by molar-refractivity contribution is 7.20. The number of ether oxygens (including phenoxy) is 1. The minimum Gasteiger partial charge on any atom is -0.497 e. The number of aryl methyl sites for hydroxylation is 1. The number of rotatable bonds is 6. The normalized spacial score (nSPS) is 11.2. The number of carbonyl (C=O) groups is 1. The Kier molecular flexibility index (Phi) is 5.74. The molecule has 0 saturated heterocycles. The van der Waals surface area contributed by atoms with Gasteiger partial charge in [-0.2, -0.15) is 5.10 Å². The lowest BCUT2D eigenvalue weighted by molar-refractivity contribution is -0.384. The Labute approximate surface area is 187 Å². The van der Waals surface area contributed by atoms with Crippen LogP contribution >= 0.6 is 11.3 Å². The van der Waals surface area contributed by atoms with Gasteiger partial charge in [0.25, 0.3) is 11.6 Å². The molecule has 0 aliphatic heterocycles. The van der Waals surface area contributed by atoms with Crippen LogP contribution in [-0.4, -0.2) is 28.7 Å². The predicted molar refractivity (Wildman–Crippen MR) is 125 cm³/mol. The number of fused-ring (bicyclic) bond motifs is 1. The van der Waals surface area contributed by atoms with E-state index >= 15 is 0 Å². The summed E-state index contributed by atoms with van der Waals surface area (Å²) < 4.78 is 8.12. The lowest BCUT2D eigenvalue weighted by Gasteiger charge is -2.10. The number of carbonyl (C=O) groups excluding carboxylic acids is 1. The second-order valence-corrected chi connectivity index (χ2v) is 8.23. The Morgan fingerprint density at radius 2 is 1.91 bits per heavy atom. The van der Waals surface area contributed by atoms with Crippen molar-refractivity contribution in [3.63, 3.8) is 0 Å². The number of hydrogen-bond acceptors (Lipinski definition) is 6. The van der Waals surface area contributed by atoms with E-state index in [1.165, 1.54) is 23.5 Å². The van der Waals surface area contributed by atoms with Crippen molar-refractivity contribution in [2.45, 2.75) is 13.8 Å². The van der Waals surface area contributed by atoms with Crippen molar-refractivity contribution in [1.82, 2.24) is 9.99 Å². The molecule has 1 N–H and O–H groups in total. The molecule has 0 bridgehead atoms. The molecular formula is C23H20N4O4S. The summed E-state index contributed by atoms with van der Waals surface area (Å²) in [7, 11) is 1.63. The second-order valence-electron chi connectivity index (χ2n) is 7.15. The molecule has 0 aliphatic rings. The third kappa shape index (κ3) is 4.10. The lowest BCUT2D eigenvalue weighted by Crippen LogP contribution is -2.16. The maximum Gasteiger partial charge on any atom is 0.281 e. The second kappa shape index (κ2) is 8.64. The quantitative estimate of drug-likeness (QED) is 0.255. The molecule has 8 nitrogen and oxygen atoms in total. The van der Waals surface area contributed by atoms with Crippen LogP contribution in [0.4, 0.5) is 5.69 Å². The molecule has 4 aromatic rings. The maximum atomic E-state index is 12.5. The summed E-state index contributed by atoms with van der Waals surface area (Å²) in [5, 5.41) is 15.7. The van der Waals surface area contributed by atoms with Crippen LogP contribution in [0.3, 0.4) is 0 Å². The zero-order valence-electron chi connectivity index (χ0n) is 17.7. The van der Waals surface area contributed by atoms with Crippen molar-refractivity contribution < 1.29 is 14.5 Å². The topological polar surface area (TPSA) is 98.8 Å². The van der Waals surface area contributed by atoms with E-state index < -0.39 is 4.92 Å². The van der Waals surface area contributed by atoms with Crippen molar-refractivity contribution >= 4 is 39.2 Å². The molecule has 0 spiro atoms. The molecule has 2 aromatic carbocycles. The molecule has 0 fully saturated rings. The van der Waals surface area contributed by atoms with Gasteiger partial charge in [-0.15, -0.1) is 11.3 Å². The molecular weight excluding hydrogens is 428 g/mol. The molecule has 0 radical (unpaired) electrons. The van der Waals surface area contributed by atoms with E-state index in [4.69, 9.17) is 4.74 Å². The first kappa shape index (κ1) is 21.3. The summed E-state index contributed by atoms with van der Waals surface area (Å²) in [4.78, 5) is 23.4. The first-order valence-corrected chi connectivity index (χ1v) is 10.5. The summed E-state index contributed by atoms with van der Waals surface area (Å²) >= 11 is 1.26. The van der Waals surface area contributed by atoms with Gasteiger partial charge in [-0.25, -0.2) is 5.43 Å². The van der Waals surface area contributed by atoms with Gasteiger partial charge in [-0.05, 0) is 56.3 Å². The molecule has 9 heteroatoms. The summed E-state index contributed by atoms with van der Waals surface area (Å²) in [5.74, 6) is 0.422. The number of hydrazone groups is 1. The molecule has 0 saturated carbocycles. The largest absolute Gasteiger partial charge is 0.497 e. The van der Waals surface area contributed by atoms with Crippen LogP contribution in [0, 0.1) is 24.0 Å². The summed E-state index contributed by atoms with van der Waals surface area (Å²) in [6, 6.07) is 15.9. The van der Waals surface area contributed by atoms with E-state index in [2.05, 4.69) is 15.1 Å². The van der Waals surface area contributed by atoms with E-state index in [0.29, 0.717) is 10.3 Å². The van der Waals surface area contributed by atoms with Gasteiger partial charge >= 0.3 is 0 Å². The number of hydrogen-bond donors (Lipinski definition) is 1. The molecule has 4 rings (SSSR count). The minimum atomic E-state index is -0.455. The Hall–Kier alpha value is -3.98. The highest BCUT2D eigenvalue weighted by atomic mass is 32.1. The molecule has 0 aliphatic carbocycles. The van der Waals surface area contributed by atoms with Gasteiger partial charge in [0.15, 0.2) is 0 Å². The smallest absolute Gasteiger partial charge is 0.281 e. The summed E-state index contributed by atoms with van der Waals surface area (Å²) in [6.07, 6.45) is 1.61. The third-order valence-corrected chi connectivity index (χ3v) is 6.22. The first-order chi connectivity index (χ1) is 15.4. The molecule has 1 amide bonds. The van der Waals surface area contributed by atoms with Gasteiger partial charge in [0.2, 0.25) is 0 Å². The number of nitro groups is 1. The van der Waals surface area contributed by atoms with Crippen molar-refractivity contribution in [2.75, 3.05) is 7.11 Å². The fourth-order valence-electron chi connectivity index (χ4n) is 3.52. The van der Waals surface area contributed by atoms with Gasteiger partial charge in [0.05, 0.1) is 23.1 Å². The van der Waals surface area contributed by atoms with Gasteiger partial charge < -0.3 is 9.30 Å². The number of nitrogens with one attached hydrogen (secondary N) is 1. The van der Waals surface area contributed by atoms with Gasteiger partial charge in [-0.1, -0.05) is 0 Å². The number of amides is 1. The minimum absolute atomic E-state index is 0.00695. The lowest BCUT2D eigenvalue weighted by atomic mass is 10.2. The number of nitro benzene ring substituents is 1. The number of nitrogens with zero attached hydrogens (tertiary/aromatic N) is 3. The van der Waals surface area contributed by atoms with E-state index in [1.54, 1.807) is 25.5 Å². The maximum absolute atomic E-state index is 12.5. The Morgan fingerprint density at radius 1 is 1.16 bits per heavy atom. The van der Waals surface area contributed by atoms with Crippen molar-refractivity contribution in [3.05, 3.63) is 86.5 Å². The highest BCUT2D eigenvalue weighted by Crippen LogP contribution is 2.29. The summed E-state index contributed by atoms with van der Waals surface area (Å²) in [6.45, 7) is 3.99. The Balaban J connectivity index is 1.51. The van der Waals surface area contributed by atoms with Gasteiger partial charge in [0.1, 0.15) is 5.75 Å². The van der Waals surface area contributed by atoms with Crippen LogP contribution in [0.2, 0.25) is 0 Å². The van der Waals surface area contributed by atoms with Gasteiger partial charge in [0, 0.05) is 44.9 Å². The molecule has 2 heterocycles. The van der Waals surface area contributed by atoms with Crippen LogP contribution in [0.15, 0.2) is 59.7 Å². The van der Waals surface area contributed by atoms with E-state index in [1.807, 2.05) is 44.2 Å². The Bertz CT molecular complexity index is 1350. The predicted octanol–water partition coefficient (Wildman–Crippen LogP) is 4.99. The average molecular weight is 449 g/mol. The average Bonchev–Trinajstić information content (AvgIpc) is 3.33. The van der Waals surface area contributed by atoms with E-state index in [-0.39, 0.29) is 11.6 Å². The van der Waals surface area contributed by atoms with Crippen LogP contribution in [-0.2, 0) is 0 Å².